The van der Waals surface area contributed by atoms with Gasteiger partial charge in [-0.25, -0.2) is 4.39 Å². The van der Waals surface area contributed by atoms with Crippen molar-refractivity contribution in [3.05, 3.63) is 70.0 Å². The molecule has 25 heavy (non-hydrogen) atoms. The Bertz CT molecular complexity index is 856. The molecule has 2 N–H and O–H groups in total. The number of hydrazine groups is 1. The minimum Gasteiger partial charge on any atom is -0.382 e. The van der Waals surface area contributed by atoms with Crippen LogP contribution in [0.3, 0.4) is 0 Å². The molecule has 2 aromatic carbocycles. The second-order valence-electron chi connectivity index (χ2n) is 5.24. The number of halogens is 1. The summed E-state index contributed by atoms with van der Waals surface area (Å²) in [7, 11) is 0. The second-order valence-corrected chi connectivity index (χ2v) is 5.24. The number of carbonyl (C=O) groups is 1. The Morgan fingerprint density at radius 3 is 2.84 bits per heavy atom. The van der Waals surface area contributed by atoms with E-state index < -0.39 is 22.8 Å². The fraction of sp³-hybridized carbons (Fsp3) is 0.125. The molecule has 9 heteroatoms. The van der Waals surface area contributed by atoms with Crippen molar-refractivity contribution in [2.45, 2.75) is 12.5 Å². The predicted octanol–water partition coefficient (Wildman–Crippen LogP) is 2.37. The predicted molar refractivity (Wildman–Crippen MR) is 87.3 cm³/mol. The molecule has 1 unspecified atom stereocenters. The van der Waals surface area contributed by atoms with E-state index in [9.17, 15) is 19.3 Å². The Morgan fingerprint density at radius 2 is 2.08 bits per heavy atom. The number of hydrogen-bond donors (Lipinski definition) is 2. The summed E-state index contributed by atoms with van der Waals surface area (Å²) in [5.41, 5.74) is 5.81. The van der Waals surface area contributed by atoms with Gasteiger partial charge < -0.3 is 4.84 Å². The molecule has 0 saturated heterocycles. The van der Waals surface area contributed by atoms with Gasteiger partial charge in [0, 0.05) is 18.1 Å². The number of nitrogens with one attached hydrogen (secondary N) is 2. The highest BCUT2D eigenvalue weighted by Gasteiger charge is 2.29. The fourth-order valence-electron chi connectivity index (χ4n) is 2.30. The summed E-state index contributed by atoms with van der Waals surface area (Å²) in [4.78, 5) is 27.6. The maximum atomic E-state index is 13.2. The molecular formula is C16H13FN4O4. The molecule has 8 nitrogen and oxygen atoms in total. The highest BCUT2D eigenvalue weighted by Crippen LogP contribution is 2.22. The zero-order valence-electron chi connectivity index (χ0n) is 12.8. The Balaban J connectivity index is 1.60. The van der Waals surface area contributed by atoms with Crippen LogP contribution in [0.25, 0.3) is 0 Å². The molecule has 128 valence electrons. The molecular weight excluding hydrogens is 331 g/mol. The first-order chi connectivity index (χ1) is 12.0. The molecule has 0 aromatic heterocycles. The Hall–Kier alpha value is -3.49. The minimum absolute atomic E-state index is 0.144. The van der Waals surface area contributed by atoms with Crippen LogP contribution in [-0.2, 0) is 9.63 Å². The molecule has 0 aliphatic carbocycles. The number of rotatable bonds is 5. The number of anilines is 1. The van der Waals surface area contributed by atoms with Gasteiger partial charge in [0.25, 0.3) is 11.6 Å². The zero-order valence-corrected chi connectivity index (χ0v) is 12.8. The van der Waals surface area contributed by atoms with Crippen LogP contribution in [0.4, 0.5) is 15.8 Å². The number of para-hydroxylation sites is 2. The van der Waals surface area contributed by atoms with Gasteiger partial charge in [0.1, 0.15) is 11.5 Å². The maximum absolute atomic E-state index is 13.2. The summed E-state index contributed by atoms with van der Waals surface area (Å²) >= 11 is 0. The van der Waals surface area contributed by atoms with E-state index >= 15 is 0 Å². The number of nitrogens with zero attached hydrogens (tertiary/aromatic N) is 2. The van der Waals surface area contributed by atoms with Gasteiger partial charge in [-0.05, 0) is 18.2 Å². The van der Waals surface area contributed by atoms with Gasteiger partial charge in [-0.3, -0.25) is 25.8 Å². The highest BCUT2D eigenvalue weighted by atomic mass is 19.1. The van der Waals surface area contributed by atoms with Crippen molar-refractivity contribution in [3.8, 4) is 0 Å². The van der Waals surface area contributed by atoms with Crippen LogP contribution < -0.4 is 10.9 Å². The third-order valence-corrected chi connectivity index (χ3v) is 3.54. The first-order valence-electron chi connectivity index (χ1n) is 7.32. The number of nitro benzene ring substituents is 1. The summed E-state index contributed by atoms with van der Waals surface area (Å²) < 4.78 is 13.2. The van der Waals surface area contributed by atoms with Crippen molar-refractivity contribution in [1.29, 1.82) is 0 Å². The molecule has 2 aromatic rings. The standard InChI is InChI=1S/C16H13FN4O4/c17-11-5-3-4-10(8-11)13-9-15(25-20-13)16(22)19-18-12-6-1-2-7-14(12)21(23)24/h1-8,15,18H,9H2,(H,19,22). The van der Waals surface area contributed by atoms with E-state index in [0.29, 0.717) is 11.3 Å². The first kappa shape index (κ1) is 16.4. The van der Waals surface area contributed by atoms with E-state index in [1.807, 2.05) is 0 Å². The average molecular weight is 344 g/mol. The van der Waals surface area contributed by atoms with Crippen molar-refractivity contribution in [3.63, 3.8) is 0 Å². The van der Waals surface area contributed by atoms with Crippen LogP contribution in [0.15, 0.2) is 53.7 Å². The van der Waals surface area contributed by atoms with Crippen molar-refractivity contribution in [2.24, 2.45) is 5.16 Å². The first-order valence-corrected chi connectivity index (χ1v) is 7.32. The molecule has 0 radical (unpaired) electrons. The summed E-state index contributed by atoms with van der Waals surface area (Å²) in [6.07, 6.45) is -0.748. The van der Waals surface area contributed by atoms with Crippen molar-refractivity contribution in [1.82, 2.24) is 5.43 Å². The maximum Gasteiger partial charge on any atom is 0.294 e. The number of nitro groups is 1. The van der Waals surface area contributed by atoms with Crippen molar-refractivity contribution >= 4 is 23.0 Å². The van der Waals surface area contributed by atoms with E-state index in [2.05, 4.69) is 16.0 Å². The summed E-state index contributed by atoms with van der Waals surface area (Å²) in [5, 5.41) is 14.7. The topological polar surface area (TPSA) is 106 Å². The van der Waals surface area contributed by atoms with Crippen molar-refractivity contribution < 1.29 is 18.9 Å². The molecule has 0 fully saturated rings. The molecule has 1 amide bonds. The average Bonchev–Trinajstić information content (AvgIpc) is 3.10. The lowest BCUT2D eigenvalue weighted by Gasteiger charge is -2.11. The van der Waals surface area contributed by atoms with Gasteiger partial charge in [-0.2, -0.15) is 0 Å². The Labute approximate surface area is 141 Å². The molecule has 1 heterocycles. The van der Waals surface area contributed by atoms with Crippen LogP contribution in [0, 0.1) is 15.9 Å². The monoisotopic (exact) mass is 344 g/mol. The number of hydrogen-bond acceptors (Lipinski definition) is 6. The van der Waals surface area contributed by atoms with Crippen LogP contribution in [0.1, 0.15) is 12.0 Å². The van der Waals surface area contributed by atoms with E-state index in [4.69, 9.17) is 4.84 Å². The molecule has 0 spiro atoms. The van der Waals surface area contributed by atoms with Gasteiger partial charge in [-0.15, -0.1) is 0 Å². The van der Waals surface area contributed by atoms with E-state index in [1.165, 1.54) is 36.4 Å². The normalized spacial score (nSPS) is 15.9. The van der Waals surface area contributed by atoms with Gasteiger partial charge in [-0.1, -0.05) is 29.4 Å². The third-order valence-electron chi connectivity index (χ3n) is 3.54. The summed E-state index contributed by atoms with van der Waals surface area (Å²) in [5.74, 6) is -0.959. The van der Waals surface area contributed by atoms with E-state index in [1.54, 1.807) is 12.1 Å². The van der Waals surface area contributed by atoms with E-state index in [-0.39, 0.29) is 17.8 Å². The Kier molecular flexibility index (Phi) is 4.55. The summed E-state index contributed by atoms with van der Waals surface area (Å²) in [6.45, 7) is 0. The van der Waals surface area contributed by atoms with Gasteiger partial charge in [0.2, 0.25) is 6.10 Å². The molecule has 1 aliphatic rings. The second kappa shape index (κ2) is 6.95. The minimum atomic E-state index is -0.909. The molecule has 0 bridgehead atoms. The lowest BCUT2D eigenvalue weighted by molar-refractivity contribution is -0.384. The highest BCUT2D eigenvalue weighted by molar-refractivity contribution is 6.04. The Morgan fingerprint density at radius 1 is 1.28 bits per heavy atom. The van der Waals surface area contributed by atoms with Crippen LogP contribution >= 0.6 is 0 Å². The smallest absolute Gasteiger partial charge is 0.294 e. The lowest BCUT2D eigenvalue weighted by Crippen LogP contribution is -2.38. The molecule has 3 rings (SSSR count). The molecule has 1 aliphatic heterocycles. The largest absolute Gasteiger partial charge is 0.382 e. The number of benzene rings is 2. The third kappa shape index (κ3) is 3.71. The van der Waals surface area contributed by atoms with Crippen LogP contribution in [0.5, 0.6) is 0 Å². The van der Waals surface area contributed by atoms with Crippen molar-refractivity contribution in [2.75, 3.05) is 5.43 Å². The van der Waals surface area contributed by atoms with Gasteiger partial charge >= 0.3 is 0 Å². The van der Waals surface area contributed by atoms with Gasteiger partial charge in [0.15, 0.2) is 0 Å². The quantitative estimate of drug-likeness (QED) is 0.640. The molecule has 0 saturated carbocycles. The molecule has 1 atom stereocenters. The van der Waals surface area contributed by atoms with E-state index in [0.717, 1.165) is 0 Å². The fourth-order valence-corrected chi connectivity index (χ4v) is 2.30. The number of amides is 1. The lowest BCUT2D eigenvalue weighted by atomic mass is 10.0. The number of oxime groups is 1. The zero-order chi connectivity index (χ0) is 17.8. The van der Waals surface area contributed by atoms with Crippen LogP contribution in [0.2, 0.25) is 0 Å². The number of carbonyl (C=O) groups excluding carboxylic acids is 1. The van der Waals surface area contributed by atoms with Gasteiger partial charge in [0.05, 0.1) is 10.6 Å². The summed E-state index contributed by atoms with van der Waals surface area (Å²) in [6, 6.07) is 11.7. The SMILES string of the molecule is O=C(NNc1ccccc1[N+](=O)[O-])C1CC(c2cccc(F)c2)=NO1. The van der Waals surface area contributed by atoms with Crippen LogP contribution in [-0.4, -0.2) is 22.6 Å².